The molecule has 0 bridgehead atoms. The molecule has 1 aliphatic heterocycles. The van der Waals surface area contributed by atoms with Gasteiger partial charge in [0, 0.05) is 5.92 Å². The summed E-state index contributed by atoms with van der Waals surface area (Å²) >= 11 is 1.60. The SMILES string of the molecule is CCS[C@H]1O[C@H](CO[Si](c2ccccc2)(c2ccccc2)C(C)(C)C)[C@@H](OCc2ccccc2)[C@@H]1OC(=O)OCC1c2ccccc2-c2ccccc21. The largest absolute Gasteiger partial charge is 0.508 e. The van der Waals surface area contributed by atoms with Gasteiger partial charge in [0.25, 0.3) is 8.32 Å². The lowest BCUT2D eigenvalue weighted by atomic mass is 9.98. The Kier molecular flexibility index (Phi) is 11.5. The van der Waals surface area contributed by atoms with E-state index < -0.39 is 38.2 Å². The third-order valence-electron chi connectivity index (χ3n) is 10.3. The second-order valence-corrected chi connectivity index (χ2v) is 20.3. The van der Waals surface area contributed by atoms with Crippen LogP contribution < -0.4 is 10.4 Å². The molecule has 0 unspecified atom stereocenters. The van der Waals surface area contributed by atoms with Gasteiger partial charge in [-0.1, -0.05) is 167 Å². The minimum Gasteiger partial charge on any atom is -0.433 e. The number of hydrogen-bond donors (Lipinski definition) is 0. The first kappa shape index (κ1) is 37.1. The molecule has 1 heterocycles. The summed E-state index contributed by atoms with van der Waals surface area (Å²) < 4.78 is 33.0. The zero-order chi connectivity index (χ0) is 36.8. The number of rotatable bonds is 13. The smallest absolute Gasteiger partial charge is 0.433 e. The van der Waals surface area contributed by atoms with E-state index in [0.29, 0.717) is 6.61 Å². The van der Waals surface area contributed by atoms with Crippen molar-refractivity contribution in [3.8, 4) is 11.1 Å². The number of hydrogen-bond acceptors (Lipinski definition) is 7. The van der Waals surface area contributed by atoms with Crippen molar-refractivity contribution in [3.63, 3.8) is 0 Å². The van der Waals surface area contributed by atoms with Crippen molar-refractivity contribution in [3.05, 3.63) is 156 Å². The molecule has 0 spiro atoms. The lowest BCUT2D eigenvalue weighted by Crippen LogP contribution is -2.67. The van der Waals surface area contributed by atoms with Gasteiger partial charge in [-0.25, -0.2) is 4.79 Å². The van der Waals surface area contributed by atoms with Crippen molar-refractivity contribution in [2.45, 2.75) is 69.0 Å². The minimum atomic E-state index is -2.89. The molecule has 5 aromatic rings. The molecule has 1 aliphatic carbocycles. The Labute approximate surface area is 318 Å². The fourth-order valence-electron chi connectivity index (χ4n) is 7.92. The van der Waals surface area contributed by atoms with Crippen molar-refractivity contribution in [2.24, 2.45) is 0 Å². The molecular weight excluding hydrogens is 697 g/mol. The molecule has 0 N–H and O–H groups in total. The summed E-state index contributed by atoms with van der Waals surface area (Å²) in [5.74, 6) is 0.691. The number of fused-ring (bicyclic) bond motifs is 3. The summed E-state index contributed by atoms with van der Waals surface area (Å²) in [6.45, 7) is 9.62. The molecule has 7 rings (SSSR count). The average Bonchev–Trinajstić information content (AvgIpc) is 3.68. The summed E-state index contributed by atoms with van der Waals surface area (Å²) in [5.41, 5.74) is 5.20. The van der Waals surface area contributed by atoms with Gasteiger partial charge in [0.15, 0.2) is 6.10 Å². The number of ether oxygens (including phenoxy) is 4. The van der Waals surface area contributed by atoms with Gasteiger partial charge in [0.1, 0.15) is 24.3 Å². The Balaban J connectivity index is 1.15. The van der Waals surface area contributed by atoms with Crippen LogP contribution in [0.3, 0.4) is 0 Å². The third kappa shape index (κ3) is 7.75. The van der Waals surface area contributed by atoms with Crippen molar-refractivity contribution >= 4 is 36.6 Å². The molecule has 1 fully saturated rings. The highest BCUT2D eigenvalue weighted by Crippen LogP contribution is 2.45. The van der Waals surface area contributed by atoms with Crippen LogP contribution in [0.15, 0.2) is 140 Å². The fourth-order valence-corrected chi connectivity index (χ4v) is 13.4. The van der Waals surface area contributed by atoms with E-state index in [-0.39, 0.29) is 24.2 Å². The first-order valence-corrected chi connectivity index (χ1v) is 21.4. The van der Waals surface area contributed by atoms with E-state index in [2.05, 4.69) is 100 Å². The Morgan fingerprint density at radius 1 is 0.698 bits per heavy atom. The van der Waals surface area contributed by atoms with E-state index in [1.54, 1.807) is 11.8 Å². The summed E-state index contributed by atoms with van der Waals surface area (Å²) in [6.07, 6.45) is -2.55. The minimum absolute atomic E-state index is 0.0756. The van der Waals surface area contributed by atoms with Crippen LogP contribution >= 0.6 is 11.8 Å². The molecule has 1 saturated heterocycles. The maximum absolute atomic E-state index is 13.7. The van der Waals surface area contributed by atoms with Gasteiger partial charge in [-0.15, -0.1) is 11.8 Å². The third-order valence-corrected chi connectivity index (χ3v) is 16.4. The Morgan fingerprint density at radius 2 is 1.23 bits per heavy atom. The molecule has 0 aromatic heterocycles. The summed E-state index contributed by atoms with van der Waals surface area (Å²) in [4.78, 5) is 13.7. The molecule has 0 amide bonds. The first-order chi connectivity index (χ1) is 25.8. The molecule has 53 heavy (non-hydrogen) atoms. The molecule has 4 atom stereocenters. The summed E-state index contributed by atoms with van der Waals surface area (Å²) in [7, 11) is -2.89. The topological polar surface area (TPSA) is 63.2 Å². The number of benzene rings is 5. The Morgan fingerprint density at radius 3 is 1.77 bits per heavy atom. The maximum atomic E-state index is 13.7. The van der Waals surface area contributed by atoms with Crippen LogP contribution in [0.5, 0.6) is 0 Å². The zero-order valence-corrected chi connectivity index (χ0v) is 32.7. The first-order valence-electron chi connectivity index (χ1n) is 18.5. The molecule has 8 heteroatoms. The van der Waals surface area contributed by atoms with Crippen LogP contribution in [-0.4, -0.2) is 57.2 Å². The highest BCUT2D eigenvalue weighted by atomic mass is 32.2. The normalized spacial score (nSPS) is 19.8. The van der Waals surface area contributed by atoms with Crippen molar-refractivity contribution in [2.75, 3.05) is 19.0 Å². The van der Waals surface area contributed by atoms with Crippen LogP contribution in [0, 0.1) is 0 Å². The second kappa shape index (κ2) is 16.5. The molecule has 274 valence electrons. The van der Waals surface area contributed by atoms with Crippen molar-refractivity contribution in [1.82, 2.24) is 0 Å². The van der Waals surface area contributed by atoms with E-state index in [0.717, 1.165) is 22.4 Å². The number of carbonyl (C=O) groups is 1. The van der Waals surface area contributed by atoms with Gasteiger partial charge >= 0.3 is 6.16 Å². The fraction of sp³-hybridized carbons (Fsp3) is 0.311. The maximum Gasteiger partial charge on any atom is 0.508 e. The lowest BCUT2D eigenvalue weighted by Gasteiger charge is -2.43. The molecule has 0 radical (unpaired) electrons. The van der Waals surface area contributed by atoms with Crippen LogP contribution in [0.1, 0.15) is 50.3 Å². The summed E-state index contributed by atoms with van der Waals surface area (Å²) in [5, 5.41) is 2.15. The zero-order valence-electron chi connectivity index (χ0n) is 30.9. The van der Waals surface area contributed by atoms with E-state index in [9.17, 15) is 4.79 Å². The lowest BCUT2D eigenvalue weighted by molar-refractivity contribution is -0.0701. The van der Waals surface area contributed by atoms with Crippen LogP contribution in [0.4, 0.5) is 4.79 Å². The van der Waals surface area contributed by atoms with E-state index in [4.69, 9.17) is 23.4 Å². The number of thioether (sulfide) groups is 1. The van der Waals surface area contributed by atoms with Gasteiger partial charge in [0.05, 0.1) is 13.2 Å². The summed E-state index contributed by atoms with van der Waals surface area (Å²) in [6, 6.07) is 47.8. The van der Waals surface area contributed by atoms with Gasteiger partial charge in [0.2, 0.25) is 0 Å². The van der Waals surface area contributed by atoms with Gasteiger partial charge in [-0.2, -0.15) is 0 Å². The van der Waals surface area contributed by atoms with E-state index in [1.165, 1.54) is 21.5 Å². The Hall–Kier alpha value is -4.18. The predicted octanol–water partition coefficient (Wildman–Crippen LogP) is 8.96. The van der Waals surface area contributed by atoms with Crippen LogP contribution in [-0.2, 0) is 30.0 Å². The molecule has 6 nitrogen and oxygen atoms in total. The van der Waals surface area contributed by atoms with Crippen LogP contribution in [0.2, 0.25) is 5.04 Å². The van der Waals surface area contributed by atoms with Gasteiger partial charge in [-0.05, 0) is 49.0 Å². The average molecular weight is 745 g/mol. The standard InChI is InChI=1S/C45H48O6SSi/c1-5-52-43-42(51-44(46)48-30-39-37-27-17-15-25-35(37)36-26-16-18-28-38(36)39)41(47-29-32-19-9-6-10-20-32)40(50-43)31-49-53(45(2,3)4,33-21-11-7-12-22-33)34-23-13-8-14-24-34/h6-28,39-43H,5,29-31H2,1-4H3/t40-,41-,42+,43-/m1/s1. The molecule has 2 aliphatic rings. The molecular formula is C45H48O6SSi. The highest BCUT2D eigenvalue weighted by molar-refractivity contribution is 7.99. The predicted molar refractivity (Wildman–Crippen MR) is 215 cm³/mol. The monoisotopic (exact) mass is 744 g/mol. The molecule has 0 saturated carbocycles. The van der Waals surface area contributed by atoms with Crippen molar-refractivity contribution in [1.29, 1.82) is 0 Å². The quantitative estimate of drug-likeness (QED) is 0.0882. The van der Waals surface area contributed by atoms with Crippen LogP contribution in [0.25, 0.3) is 11.1 Å². The van der Waals surface area contributed by atoms with E-state index >= 15 is 0 Å². The Bertz CT molecular complexity index is 1870. The second-order valence-electron chi connectivity index (χ2n) is 14.6. The highest BCUT2D eigenvalue weighted by Gasteiger charge is 2.53. The van der Waals surface area contributed by atoms with Gasteiger partial charge < -0.3 is 23.4 Å². The van der Waals surface area contributed by atoms with Crippen molar-refractivity contribution < 1.29 is 28.2 Å². The van der Waals surface area contributed by atoms with Gasteiger partial charge in [-0.3, -0.25) is 0 Å². The molecule has 5 aromatic carbocycles. The number of carbonyl (C=O) groups excluding carboxylic acids is 1. The van der Waals surface area contributed by atoms with E-state index in [1.807, 2.05) is 66.7 Å².